The minimum Gasteiger partial charge on any atom is -0.377 e. The fourth-order valence-corrected chi connectivity index (χ4v) is 0.247. The fraction of sp³-hybridized carbons (Fsp3) is 0.800. The van der Waals surface area contributed by atoms with Gasteiger partial charge in [-0.3, -0.25) is 4.99 Å². The Bertz CT molecular complexity index is 50.0. The maximum atomic E-state index is 3.93. The van der Waals surface area contributed by atoms with Crippen LogP contribution in [0.5, 0.6) is 0 Å². The number of hydrogen-bond acceptors (Lipinski definition) is 1. The molecule has 0 aromatic rings. The predicted molar refractivity (Wildman–Crippen MR) is 32.7 cm³/mol. The average molecular weight is 100 g/mol. The third kappa shape index (κ3) is 5.47. The summed E-state index contributed by atoms with van der Waals surface area (Å²) in [6.07, 6.45) is 1.74. The zero-order chi connectivity index (χ0) is 5.54. The van der Waals surface area contributed by atoms with Crippen molar-refractivity contribution in [3.05, 3.63) is 0 Å². The van der Waals surface area contributed by atoms with Crippen molar-refractivity contribution in [1.82, 2.24) is 5.32 Å². The Morgan fingerprint density at radius 3 is 2.71 bits per heavy atom. The van der Waals surface area contributed by atoms with E-state index in [0.717, 1.165) is 13.1 Å². The zero-order valence-electron chi connectivity index (χ0n) is 4.94. The lowest BCUT2D eigenvalue weighted by atomic mass is 10.7. The molecule has 2 nitrogen and oxygen atoms in total. The molecule has 0 fully saturated rings. The normalized spacial score (nSPS) is 10.0. The van der Waals surface area contributed by atoms with E-state index in [2.05, 4.69) is 10.3 Å². The Morgan fingerprint density at radius 1 is 1.57 bits per heavy atom. The highest BCUT2D eigenvalue weighted by atomic mass is 14.9. The molecule has 0 saturated carbocycles. The smallest absolute Gasteiger partial charge is 0.0823 e. The summed E-state index contributed by atoms with van der Waals surface area (Å²) in [5.41, 5.74) is 0. The summed E-state index contributed by atoms with van der Waals surface area (Å²) in [5.74, 6) is 0. The Labute approximate surface area is 44.6 Å². The van der Waals surface area contributed by atoms with Crippen molar-refractivity contribution in [2.24, 2.45) is 4.99 Å². The third-order valence-corrected chi connectivity index (χ3v) is 0.569. The number of nitrogens with zero attached hydrogens (tertiary/aromatic N) is 1. The molecule has 0 aromatic heterocycles. The van der Waals surface area contributed by atoms with Crippen LogP contribution in [0.1, 0.15) is 13.8 Å². The molecule has 0 aromatic carbocycles. The standard InChI is InChI=1S/C5H12N2/c1-3-6-5-7-4-2/h5H,3-4H2,1-2H3,(H,6,7). The average Bonchev–Trinajstić information content (AvgIpc) is 1.69. The molecular formula is C5H12N2. The van der Waals surface area contributed by atoms with Gasteiger partial charge in [0, 0.05) is 13.1 Å². The second kappa shape index (κ2) is 5.47. The van der Waals surface area contributed by atoms with Crippen LogP contribution in [0.2, 0.25) is 0 Å². The van der Waals surface area contributed by atoms with Crippen LogP contribution in [0, 0.1) is 0 Å². The van der Waals surface area contributed by atoms with Gasteiger partial charge in [0.2, 0.25) is 0 Å². The van der Waals surface area contributed by atoms with Crippen molar-refractivity contribution < 1.29 is 0 Å². The van der Waals surface area contributed by atoms with E-state index in [1.54, 1.807) is 6.34 Å². The number of nitrogens with one attached hydrogen (secondary N) is 1. The summed E-state index contributed by atoms with van der Waals surface area (Å²) in [6, 6.07) is 0. The van der Waals surface area contributed by atoms with Gasteiger partial charge in [-0.1, -0.05) is 0 Å². The molecule has 0 aliphatic carbocycles. The summed E-state index contributed by atoms with van der Waals surface area (Å²) in [4.78, 5) is 3.93. The first-order valence-electron chi connectivity index (χ1n) is 2.63. The lowest BCUT2D eigenvalue weighted by Crippen LogP contribution is -2.08. The largest absolute Gasteiger partial charge is 0.377 e. The molecule has 0 heterocycles. The SMILES string of the molecule is CC/N=C\NCC. The molecule has 0 aliphatic rings. The Balaban J connectivity index is 2.78. The quantitative estimate of drug-likeness (QED) is 0.408. The third-order valence-electron chi connectivity index (χ3n) is 0.569. The van der Waals surface area contributed by atoms with Crippen LogP contribution in [0.3, 0.4) is 0 Å². The first-order valence-corrected chi connectivity index (χ1v) is 2.63. The molecule has 0 rings (SSSR count). The van der Waals surface area contributed by atoms with Crippen LogP contribution < -0.4 is 5.32 Å². The second-order valence-electron chi connectivity index (χ2n) is 1.19. The number of hydrogen-bond donors (Lipinski definition) is 1. The van der Waals surface area contributed by atoms with E-state index in [0.29, 0.717) is 0 Å². The fourth-order valence-electron chi connectivity index (χ4n) is 0.247. The second-order valence-corrected chi connectivity index (χ2v) is 1.19. The topological polar surface area (TPSA) is 24.4 Å². The van der Waals surface area contributed by atoms with Crippen molar-refractivity contribution in [3.8, 4) is 0 Å². The summed E-state index contributed by atoms with van der Waals surface area (Å²) in [6.45, 7) is 5.88. The molecule has 0 bridgehead atoms. The van der Waals surface area contributed by atoms with Crippen molar-refractivity contribution in [2.45, 2.75) is 13.8 Å². The zero-order valence-corrected chi connectivity index (χ0v) is 4.94. The van der Waals surface area contributed by atoms with Gasteiger partial charge in [-0.15, -0.1) is 0 Å². The molecule has 1 N–H and O–H groups in total. The molecule has 0 unspecified atom stereocenters. The van der Waals surface area contributed by atoms with Gasteiger partial charge in [0.15, 0.2) is 0 Å². The highest BCUT2D eigenvalue weighted by Gasteiger charge is 1.63. The van der Waals surface area contributed by atoms with Crippen molar-refractivity contribution in [3.63, 3.8) is 0 Å². The molecule has 0 aliphatic heterocycles. The van der Waals surface area contributed by atoms with E-state index < -0.39 is 0 Å². The van der Waals surface area contributed by atoms with Crippen LogP contribution in [0.15, 0.2) is 4.99 Å². The minimum atomic E-state index is 0.868. The molecule has 0 atom stereocenters. The predicted octanol–water partition coefficient (Wildman–Crippen LogP) is 0.644. The van der Waals surface area contributed by atoms with E-state index in [1.165, 1.54) is 0 Å². The maximum Gasteiger partial charge on any atom is 0.0823 e. The van der Waals surface area contributed by atoms with Gasteiger partial charge in [-0.2, -0.15) is 0 Å². The van der Waals surface area contributed by atoms with Gasteiger partial charge in [0.25, 0.3) is 0 Å². The van der Waals surface area contributed by atoms with Crippen molar-refractivity contribution in [2.75, 3.05) is 13.1 Å². The molecule has 0 radical (unpaired) electrons. The van der Waals surface area contributed by atoms with Crippen molar-refractivity contribution >= 4 is 6.34 Å². The van der Waals surface area contributed by atoms with E-state index in [9.17, 15) is 0 Å². The Morgan fingerprint density at radius 2 is 2.29 bits per heavy atom. The van der Waals surface area contributed by atoms with Gasteiger partial charge < -0.3 is 5.32 Å². The Kier molecular flexibility index (Phi) is 5.06. The molecular weight excluding hydrogens is 88.1 g/mol. The molecule has 0 saturated heterocycles. The summed E-state index contributed by atoms with van der Waals surface area (Å²) < 4.78 is 0. The molecule has 2 heteroatoms. The van der Waals surface area contributed by atoms with Crippen LogP contribution in [0.4, 0.5) is 0 Å². The van der Waals surface area contributed by atoms with Crippen LogP contribution in [-0.2, 0) is 0 Å². The van der Waals surface area contributed by atoms with E-state index in [1.807, 2.05) is 13.8 Å². The first kappa shape index (κ1) is 6.47. The lowest BCUT2D eigenvalue weighted by Gasteiger charge is -1.86. The van der Waals surface area contributed by atoms with Crippen LogP contribution in [0.25, 0.3) is 0 Å². The van der Waals surface area contributed by atoms with Gasteiger partial charge in [-0.25, -0.2) is 0 Å². The van der Waals surface area contributed by atoms with E-state index >= 15 is 0 Å². The van der Waals surface area contributed by atoms with E-state index in [-0.39, 0.29) is 0 Å². The summed E-state index contributed by atoms with van der Waals surface area (Å²) >= 11 is 0. The number of rotatable bonds is 3. The van der Waals surface area contributed by atoms with Crippen LogP contribution in [-0.4, -0.2) is 19.4 Å². The van der Waals surface area contributed by atoms with Gasteiger partial charge >= 0.3 is 0 Å². The minimum absolute atomic E-state index is 0.868. The van der Waals surface area contributed by atoms with Gasteiger partial charge in [0.05, 0.1) is 6.34 Å². The molecule has 0 spiro atoms. The first-order chi connectivity index (χ1) is 3.41. The molecule has 7 heavy (non-hydrogen) atoms. The number of aliphatic imine (C=N–C) groups is 1. The summed E-state index contributed by atoms with van der Waals surface area (Å²) in [5, 5.41) is 2.96. The highest BCUT2D eigenvalue weighted by Crippen LogP contribution is 1.57. The monoisotopic (exact) mass is 100 g/mol. The van der Waals surface area contributed by atoms with Gasteiger partial charge in [-0.05, 0) is 13.8 Å². The van der Waals surface area contributed by atoms with Crippen molar-refractivity contribution in [1.29, 1.82) is 0 Å². The summed E-state index contributed by atoms with van der Waals surface area (Å²) in [7, 11) is 0. The highest BCUT2D eigenvalue weighted by molar-refractivity contribution is 5.53. The van der Waals surface area contributed by atoms with Crippen LogP contribution >= 0.6 is 0 Å². The lowest BCUT2D eigenvalue weighted by molar-refractivity contribution is 0.972. The maximum absolute atomic E-state index is 3.93. The molecule has 0 amide bonds. The van der Waals surface area contributed by atoms with E-state index in [4.69, 9.17) is 0 Å². The molecule has 42 valence electrons. The van der Waals surface area contributed by atoms with Gasteiger partial charge in [0.1, 0.15) is 0 Å². The Hall–Kier alpha value is -0.530.